The first kappa shape index (κ1) is 17.0. The minimum absolute atomic E-state index is 0.0681. The molecule has 0 N–H and O–H groups in total. The lowest BCUT2D eigenvalue weighted by Crippen LogP contribution is -2.44. The quantitative estimate of drug-likeness (QED) is 0.825. The molecule has 1 fully saturated rings. The first-order valence-corrected chi connectivity index (χ1v) is 9.04. The maximum Gasteiger partial charge on any atom is 0.257 e. The van der Waals surface area contributed by atoms with E-state index in [0.717, 1.165) is 12.8 Å². The molecule has 2 aliphatic rings. The Hall–Kier alpha value is -2.47. The van der Waals surface area contributed by atoms with Gasteiger partial charge in [0, 0.05) is 25.0 Å². The minimum Gasteiger partial charge on any atom is -0.487 e. The van der Waals surface area contributed by atoms with Crippen LogP contribution in [0.4, 0.5) is 0 Å². The molecule has 1 aromatic carbocycles. The Kier molecular flexibility index (Phi) is 4.84. The number of amides is 1. The van der Waals surface area contributed by atoms with Crippen molar-refractivity contribution in [1.29, 1.82) is 0 Å². The van der Waals surface area contributed by atoms with E-state index in [1.165, 1.54) is 0 Å². The van der Waals surface area contributed by atoms with Gasteiger partial charge >= 0.3 is 0 Å². The molecular formula is C19H19ClN2O4. The van der Waals surface area contributed by atoms with Gasteiger partial charge in [-0.3, -0.25) is 9.78 Å². The summed E-state index contributed by atoms with van der Waals surface area (Å²) in [5, 5.41) is 0.471. The lowest BCUT2D eigenvalue weighted by Gasteiger charge is -2.33. The molecule has 0 aliphatic carbocycles. The fourth-order valence-electron chi connectivity index (χ4n) is 3.27. The van der Waals surface area contributed by atoms with Crippen LogP contribution in [-0.2, 0) is 0 Å². The van der Waals surface area contributed by atoms with Crippen LogP contribution in [0.3, 0.4) is 0 Å². The predicted molar refractivity (Wildman–Crippen MR) is 96.2 cm³/mol. The molecule has 26 heavy (non-hydrogen) atoms. The van der Waals surface area contributed by atoms with Crippen LogP contribution in [0.5, 0.6) is 17.2 Å². The highest BCUT2D eigenvalue weighted by Crippen LogP contribution is 2.35. The number of benzene rings is 1. The van der Waals surface area contributed by atoms with Gasteiger partial charge in [-0.15, -0.1) is 0 Å². The number of pyridine rings is 1. The fourth-order valence-corrected chi connectivity index (χ4v) is 3.43. The van der Waals surface area contributed by atoms with Crippen molar-refractivity contribution < 1.29 is 19.0 Å². The highest BCUT2D eigenvalue weighted by Gasteiger charge is 2.29. The van der Waals surface area contributed by atoms with E-state index >= 15 is 0 Å². The van der Waals surface area contributed by atoms with Gasteiger partial charge in [0.1, 0.15) is 30.1 Å². The number of hydrogen-bond donors (Lipinski definition) is 0. The zero-order valence-electron chi connectivity index (χ0n) is 14.2. The van der Waals surface area contributed by atoms with E-state index in [1.807, 2.05) is 12.1 Å². The van der Waals surface area contributed by atoms with Crippen LogP contribution in [0, 0.1) is 0 Å². The van der Waals surface area contributed by atoms with Crippen LogP contribution in [-0.4, -0.2) is 48.2 Å². The van der Waals surface area contributed by atoms with Gasteiger partial charge in [-0.05, 0) is 25.0 Å². The van der Waals surface area contributed by atoms with Gasteiger partial charge in [-0.2, -0.15) is 0 Å². The maximum absolute atomic E-state index is 13.0. The number of aromatic nitrogens is 1. The summed E-state index contributed by atoms with van der Waals surface area (Å²) in [4.78, 5) is 18.8. The average Bonchev–Trinajstić information content (AvgIpc) is 2.69. The number of carbonyl (C=O) groups excluding carboxylic acids is 1. The lowest BCUT2D eigenvalue weighted by atomic mass is 10.1. The summed E-state index contributed by atoms with van der Waals surface area (Å²) in [6.45, 7) is 2.13. The second kappa shape index (κ2) is 7.41. The van der Waals surface area contributed by atoms with Gasteiger partial charge in [-0.25, -0.2) is 0 Å². The zero-order chi connectivity index (χ0) is 17.9. The zero-order valence-corrected chi connectivity index (χ0v) is 14.9. The third-order valence-electron chi connectivity index (χ3n) is 4.49. The highest BCUT2D eigenvalue weighted by atomic mass is 35.5. The number of hydrogen-bond acceptors (Lipinski definition) is 5. The van der Waals surface area contributed by atoms with E-state index in [0.29, 0.717) is 54.1 Å². The highest BCUT2D eigenvalue weighted by molar-refractivity contribution is 6.31. The standard InChI is InChI=1S/C19H19ClN2O4/c20-15-11-21-7-6-16(15)26-13-3-2-8-22(12-13)19(23)14-4-1-5-17-18(14)25-10-9-24-17/h1,4-7,11,13H,2-3,8-10,12H2/t13-/m0/s1. The smallest absolute Gasteiger partial charge is 0.257 e. The van der Waals surface area contributed by atoms with Crippen LogP contribution in [0.1, 0.15) is 23.2 Å². The van der Waals surface area contributed by atoms with Crippen LogP contribution in [0.15, 0.2) is 36.7 Å². The third-order valence-corrected chi connectivity index (χ3v) is 4.77. The number of likely N-dealkylation sites (tertiary alicyclic amines) is 1. The van der Waals surface area contributed by atoms with Crippen molar-refractivity contribution in [2.45, 2.75) is 18.9 Å². The first-order valence-electron chi connectivity index (χ1n) is 8.66. The average molecular weight is 375 g/mol. The van der Waals surface area contributed by atoms with Crippen LogP contribution < -0.4 is 14.2 Å². The number of nitrogens with zero attached hydrogens (tertiary/aromatic N) is 2. The van der Waals surface area contributed by atoms with Crippen molar-refractivity contribution in [3.8, 4) is 17.2 Å². The fraction of sp³-hybridized carbons (Fsp3) is 0.368. The van der Waals surface area contributed by atoms with E-state index in [2.05, 4.69) is 4.98 Å². The van der Waals surface area contributed by atoms with Gasteiger partial charge in [0.2, 0.25) is 0 Å². The minimum atomic E-state index is -0.107. The molecule has 7 heteroatoms. The molecule has 1 saturated heterocycles. The molecule has 136 valence electrons. The molecule has 0 radical (unpaired) electrons. The number of ether oxygens (including phenoxy) is 3. The van der Waals surface area contributed by atoms with E-state index in [9.17, 15) is 4.79 Å². The summed E-state index contributed by atoms with van der Waals surface area (Å²) in [7, 11) is 0. The number of para-hydroxylation sites is 1. The molecule has 1 atom stereocenters. The number of halogens is 1. The Morgan fingerprint density at radius 2 is 2.15 bits per heavy atom. The van der Waals surface area contributed by atoms with Crippen molar-refractivity contribution in [3.63, 3.8) is 0 Å². The van der Waals surface area contributed by atoms with E-state index in [1.54, 1.807) is 29.4 Å². The molecular weight excluding hydrogens is 356 g/mol. The number of piperidine rings is 1. The van der Waals surface area contributed by atoms with Crippen molar-refractivity contribution in [2.24, 2.45) is 0 Å². The second-order valence-electron chi connectivity index (χ2n) is 6.27. The molecule has 1 aromatic heterocycles. The summed E-state index contributed by atoms with van der Waals surface area (Å²) in [6.07, 6.45) is 4.82. The molecule has 2 aliphatic heterocycles. The summed E-state index contributed by atoms with van der Waals surface area (Å²) in [5.74, 6) is 1.68. The van der Waals surface area contributed by atoms with Gasteiger partial charge in [-0.1, -0.05) is 17.7 Å². The summed E-state index contributed by atoms with van der Waals surface area (Å²) >= 11 is 6.12. The molecule has 3 heterocycles. The van der Waals surface area contributed by atoms with Crippen LogP contribution in [0.2, 0.25) is 5.02 Å². The molecule has 4 rings (SSSR count). The summed E-state index contributed by atoms with van der Waals surface area (Å²) in [5.41, 5.74) is 0.532. The van der Waals surface area contributed by atoms with Crippen molar-refractivity contribution in [3.05, 3.63) is 47.2 Å². The van der Waals surface area contributed by atoms with Crippen LogP contribution >= 0.6 is 11.6 Å². The van der Waals surface area contributed by atoms with Gasteiger partial charge < -0.3 is 19.1 Å². The Morgan fingerprint density at radius 1 is 1.27 bits per heavy atom. The molecule has 0 unspecified atom stereocenters. The topological polar surface area (TPSA) is 60.9 Å². The lowest BCUT2D eigenvalue weighted by molar-refractivity contribution is 0.0530. The SMILES string of the molecule is O=C(c1cccc2c1OCCO2)N1CCC[C@H](Oc2ccncc2Cl)C1. The Balaban J connectivity index is 1.50. The van der Waals surface area contributed by atoms with Crippen molar-refractivity contribution in [1.82, 2.24) is 9.88 Å². The van der Waals surface area contributed by atoms with Crippen LogP contribution in [0.25, 0.3) is 0 Å². The summed E-state index contributed by atoms with van der Waals surface area (Å²) < 4.78 is 17.2. The van der Waals surface area contributed by atoms with Gasteiger partial charge in [0.25, 0.3) is 5.91 Å². The molecule has 2 aromatic rings. The Morgan fingerprint density at radius 3 is 3.04 bits per heavy atom. The van der Waals surface area contributed by atoms with Gasteiger partial charge in [0.15, 0.2) is 11.5 Å². The van der Waals surface area contributed by atoms with Crippen molar-refractivity contribution in [2.75, 3.05) is 26.3 Å². The van der Waals surface area contributed by atoms with E-state index < -0.39 is 0 Å². The maximum atomic E-state index is 13.0. The Bertz CT molecular complexity index is 814. The number of rotatable bonds is 3. The number of carbonyl (C=O) groups is 1. The first-order chi connectivity index (χ1) is 12.7. The monoisotopic (exact) mass is 374 g/mol. The summed E-state index contributed by atoms with van der Waals surface area (Å²) in [6, 6.07) is 7.15. The normalized spacial score (nSPS) is 19.1. The van der Waals surface area contributed by atoms with Crippen molar-refractivity contribution >= 4 is 17.5 Å². The molecule has 0 bridgehead atoms. The molecule has 1 amide bonds. The molecule has 6 nitrogen and oxygen atoms in total. The number of fused-ring (bicyclic) bond motifs is 1. The van der Waals surface area contributed by atoms with Gasteiger partial charge in [0.05, 0.1) is 12.1 Å². The van der Waals surface area contributed by atoms with E-state index in [-0.39, 0.29) is 12.0 Å². The largest absolute Gasteiger partial charge is 0.487 e. The predicted octanol–water partition coefficient (Wildman–Crippen LogP) is 3.19. The Labute approximate surface area is 156 Å². The van der Waals surface area contributed by atoms with E-state index in [4.69, 9.17) is 25.8 Å². The third kappa shape index (κ3) is 3.42. The second-order valence-corrected chi connectivity index (χ2v) is 6.68. The molecule has 0 spiro atoms. The molecule has 0 saturated carbocycles.